The minimum Gasteiger partial charge on any atom is -0.294 e. The van der Waals surface area contributed by atoms with Gasteiger partial charge in [0.15, 0.2) is 5.78 Å². The van der Waals surface area contributed by atoms with Gasteiger partial charge in [-0.1, -0.05) is 0 Å². The van der Waals surface area contributed by atoms with Crippen molar-refractivity contribution < 1.29 is 13.2 Å². The van der Waals surface area contributed by atoms with E-state index < -0.39 is 9.84 Å². The lowest BCUT2D eigenvalue weighted by atomic mass is 10.1. The first kappa shape index (κ1) is 11.9. The summed E-state index contributed by atoms with van der Waals surface area (Å²) in [5, 5.41) is 3.93. The van der Waals surface area contributed by atoms with Crippen molar-refractivity contribution in [1.82, 2.24) is 9.78 Å². The topological polar surface area (TPSA) is 69.0 Å². The molecule has 1 aromatic heterocycles. The molecule has 15 heavy (non-hydrogen) atoms. The molecule has 6 heteroatoms. The molecule has 5 nitrogen and oxygen atoms in total. The first-order valence-corrected chi connectivity index (χ1v) is 6.57. The molecule has 0 N–H and O–H groups in total. The van der Waals surface area contributed by atoms with Gasteiger partial charge in [-0.2, -0.15) is 5.10 Å². The van der Waals surface area contributed by atoms with Gasteiger partial charge in [0.1, 0.15) is 9.84 Å². The summed E-state index contributed by atoms with van der Waals surface area (Å²) < 4.78 is 23.4. The van der Waals surface area contributed by atoms with Crippen LogP contribution in [-0.2, 0) is 16.9 Å². The van der Waals surface area contributed by atoms with Crippen molar-refractivity contribution in [2.45, 2.75) is 13.3 Å². The minimum absolute atomic E-state index is 0.0192. The molecule has 0 saturated heterocycles. The smallest absolute Gasteiger partial charge is 0.167 e. The third kappa shape index (κ3) is 3.16. The maximum Gasteiger partial charge on any atom is 0.167 e. The van der Waals surface area contributed by atoms with Crippen LogP contribution in [0.3, 0.4) is 0 Å². The van der Waals surface area contributed by atoms with Crippen LogP contribution in [-0.4, -0.2) is 36.0 Å². The summed E-state index contributed by atoms with van der Waals surface area (Å²) >= 11 is 0. The summed E-state index contributed by atoms with van der Waals surface area (Å²) in [6, 6.07) is 0. The van der Waals surface area contributed by atoms with Crippen molar-refractivity contribution in [1.29, 1.82) is 0 Å². The van der Waals surface area contributed by atoms with Crippen LogP contribution in [0.2, 0.25) is 0 Å². The molecule has 0 aliphatic carbocycles. The highest BCUT2D eigenvalue weighted by molar-refractivity contribution is 7.90. The highest BCUT2D eigenvalue weighted by atomic mass is 32.2. The predicted molar refractivity (Wildman–Crippen MR) is 56.6 cm³/mol. The van der Waals surface area contributed by atoms with Crippen LogP contribution in [0.4, 0.5) is 0 Å². The van der Waals surface area contributed by atoms with E-state index in [9.17, 15) is 13.2 Å². The van der Waals surface area contributed by atoms with E-state index in [-0.39, 0.29) is 18.0 Å². The molecule has 0 atom stereocenters. The highest BCUT2D eigenvalue weighted by Gasteiger charge is 2.14. The first-order valence-electron chi connectivity index (χ1n) is 4.51. The predicted octanol–water partition coefficient (Wildman–Crippen LogP) is 0.346. The SMILES string of the molecule is Cc1c(C(=O)CCS(C)(=O)=O)cnn1C. The summed E-state index contributed by atoms with van der Waals surface area (Å²) in [6.45, 7) is 1.78. The maximum atomic E-state index is 11.6. The third-order valence-corrected chi connectivity index (χ3v) is 3.18. The molecule has 0 unspecified atom stereocenters. The number of aryl methyl sites for hydroxylation is 1. The van der Waals surface area contributed by atoms with Crippen LogP contribution in [0.25, 0.3) is 0 Å². The Morgan fingerprint density at radius 1 is 1.53 bits per heavy atom. The van der Waals surface area contributed by atoms with Crippen molar-refractivity contribution >= 4 is 15.6 Å². The van der Waals surface area contributed by atoms with Gasteiger partial charge < -0.3 is 0 Å². The van der Waals surface area contributed by atoms with E-state index >= 15 is 0 Å². The third-order valence-electron chi connectivity index (χ3n) is 2.24. The second-order valence-corrected chi connectivity index (χ2v) is 5.83. The molecule has 0 radical (unpaired) electrons. The summed E-state index contributed by atoms with van der Waals surface area (Å²) in [5.74, 6) is -0.286. The van der Waals surface area contributed by atoms with Gasteiger partial charge in [-0.15, -0.1) is 0 Å². The molecule has 1 heterocycles. The van der Waals surface area contributed by atoms with Gasteiger partial charge in [-0.25, -0.2) is 8.42 Å². The number of carbonyl (C=O) groups excluding carboxylic acids is 1. The van der Waals surface area contributed by atoms with Crippen molar-refractivity contribution in [3.8, 4) is 0 Å². The Balaban J connectivity index is 2.75. The molecule has 1 aromatic rings. The zero-order chi connectivity index (χ0) is 11.6. The van der Waals surface area contributed by atoms with E-state index in [0.717, 1.165) is 11.9 Å². The number of aromatic nitrogens is 2. The van der Waals surface area contributed by atoms with Crippen LogP contribution >= 0.6 is 0 Å². The molecule has 0 bridgehead atoms. The van der Waals surface area contributed by atoms with Gasteiger partial charge >= 0.3 is 0 Å². The van der Waals surface area contributed by atoms with Crippen molar-refractivity contribution in [3.05, 3.63) is 17.5 Å². The molecular formula is C9H14N2O3S. The summed E-state index contributed by atoms with van der Waals surface area (Å²) in [5.41, 5.74) is 1.26. The number of sulfone groups is 1. The van der Waals surface area contributed by atoms with Crippen molar-refractivity contribution in [3.63, 3.8) is 0 Å². The molecule has 0 saturated carbocycles. The molecule has 0 spiro atoms. The van der Waals surface area contributed by atoms with E-state index in [2.05, 4.69) is 5.10 Å². The molecule has 1 rings (SSSR count). The quantitative estimate of drug-likeness (QED) is 0.700. The summed E-state index contributed by atoms with van der Waals surface area (Å²) in [7, 11) is -1.34. The largest absolute Gasteiger partial charge is 0.294 e. The first-order chi connectivity index (χ1) is 6.81. The Bertz CT molecular complexity index is 474. The Labute approximate surface area is 89.0 Å². The monoisotopic (exact) mass is 230 g/mol. The molecule has 0 aromatic carbocycles. The number of hydrogen-bond acceptors (Lipinski definition) is 4. The fraction of sp³-hybridized carbons (Fsp3) is 0.556. The molecular weight excluding hydrogens is 216 g/mol. The number of Topliss-reactive ketones (excluding diaryl/α,β-unsaturated/α-hetero) is 1. The fourth-order valence-electron chi connectivity index (χ4n) is 1.19. The van der Waals surface area contributed by atoms with E-state index in [0.29, 0.717) is 5.56 Å². The van der Waals surface area contributed by atoms with Gasteiger partial charge in [-0.05, 0) is 6.92 Å². The summed E-state index contributed by atoms with van der Waals surface area (Å²) in [6.07, 6.45) is 2.61. The van der Waals surface area contributed by atoms with Gasteiger partial charge in [0.05, 0.1) is 17.5 Å². The number of hydrogen-bond donors (Lipinski definition) is 0. The lowest BCUT2D eigenvalue weighted by molar-refractivity contribution is 0.0988. The lowest BCUT2D eigenvalue weighted by Crippen LogP contribution is -2.10. The number of nitrogens with zero attached hydrogens (tertiary/aromatic N) is 2. The van der Waals surface area contributed by atoms with Crippen molar-refractivity contribution in [2.24, 2.45) is 7.05 Å². The molecule has 0 amide bonds. The summed E-state index contributed by atoms with van der Waals surface area (Å²) in [4.78, 5) is 11.6. The molecule has 0 aliphatic heterocycles. The minimum atomic E-state index is -3.08. The standard InChI is InChI=1S/C9H14N2O3S/c1-7-8(6-10-11(7)2)9(12)4-5-15(3,13)14/h6H,4-5H2,1-3H3. The van der Waals surface area contributed by atoms with Gasteiger partial charge in [0.2, 0.25) is 0 Å². The number of rotatable bonds is 4. The average molecular weight is 230 g/mol. The van der Waals surface area contributed by atoms with Gasteiger partial charge in [-0.3, -0.25) is 9.48 Å². The zero-order valence-electron chi connectivity index (χ0n) is 9.02. The zero-order valence-corrected chi connectivity index (χ0v) is 9.84. The average Bonchev–Trinajstić information content (AvgIpc) is 2.43. The van der Waals surface area contributed by atoms with Crippen LogP contribution < -0.4 is 0 Å². The highest BCUT2D eigenvalue weighted by Crippen LogP contribution is 2.09. The second kappa shape index (κ2) is 4.14. The van der Waals surface area contributed by atoms with Crippen LogP contribution in [0.15, 0.2) is 6.20 Å². The molecule has 0 fully saturated rings. The van der Waals surface area contributed by atoms with E-state index in [1.165, 1.54) is 6.20 Å². The Morgan fingerprint density at radius 3 is 2.53 bits per heavy atom. The van der Waals surface area contributed by atoms with Crippen LogP contribution in [0.5, 0.6) is 0 Å². The van der Waals surface area contributed by atoms with E-state index in [4.69, 9.17) is 0 Å². The van der Waals surface area contributed by atoms with E-state index in [1.807, 2.05) is 0 Å². The van der Waals surface area contributed by atoms with Crippen LogP contribution in [0.1, 0.15) is 22.5 Å². The molecule has 84 valence electrons. The molecule has 0 aliphatic rings. The van der Waals surface area contributed by atoms with Gasteiger partial charge in [0.25, 0.3) is 0 Å². The lowest BCUT2D eigenvalue weighted by Gasteiger charge is -1.99. The maximum absolute atomic E-state index is 11.6. The number of ketones is 1. The van der Waals surface area contributed by atoms with Crippen molar-refractivity contribution in [2.75, 3.05) is 12.0 Å². The normalized spacial score (nSPS) is 11.7. The number of carbonyl (C=O) groups is 1. The fourth-order valence-corrected chi connectivity index (χ4v) is 1.74. The van der Waals surface area contributed by atoms with Gasteiger partial charge in [0, 0.05) is 25.4 Å². The second-order valence-electron chi connectivity index (χ2n) is 3.57. The Hall–Kier alpha value is -1.17. The van der Waals surface area contributed by atoms with Crippen LogP contribution in [0, 0.1) is 6.92 Å². The van der Waals surface area contributed by atoms with E-state index in [1.54, 1.807) is 18.7 Å². The Kier molecular flexibility index (Phi) is 3.28. The Morgan fingerprint density at radius 2 is 2.13 bits per heavy atom.